The van der Waals surface area contributed by atoms with Crippen LogP contribution in [0.5, 0.6) is 0 Å². The Labute approximate surface area is 218 Å². The lowest BCUT2D eigenvalue weighted by Crippen LogP contribution is -2.60. The topological polar surface area (TPSA) is 108 Å². The molecule has 0 unspecified atom stereocenters. The summed E-state index contributed by atoms with van der Waals surface area (Å²) in [6.07, 6.45) is 2.99. The van der Waals surface area contributed by atoms with Gasteiger partial charge in [-0.15, -0.1) is 0 Å². The van der Waals surface area contributed by atoms with Gasteiger partial charge in [0.05, 0.1) is 11.3 Å². The second-order valence-corrected chi connectivity index (χ2v) is 10.8. The van der Waals surface area contributed by atoms with E-state index in [1.54, 1.807) is 25.8 Å². The Bertz CT molecular complexity index is 1160. The maximum Gasteiger partial charge on any atom is 0.256 e. The van der Waals surface area contributed by atoms with Gasteiger partial charge in [-0.1, -0.05) is 60.7 Å². The Kier molecular flexibility index (Phi) is 7.78. The molecule has 2 atom stereocenters. The highest BCUT2D eigenvalue weighted by Crippen LogP contribution is 2.38. The van der Waals surface area contributed by atoms with Gasteiger partial charge in [-0.2, -0.15) is 5.10 Å². The summed E-state index contributed by atoms with van der Waals surface area (Å²) in [7, 11) is 1.67. The number of fused-ring (bicyclic) bond motifs is 1. The summed E-state index contributed by atoms with van der Waals surface area (Å²) in [5.41, 5.74) is 7.05. The summed E-state index contributed by atoms with van der Waals surface area (Å²) in [4.78, 5) is 41.8. The van der Waals surface area contributed by atoms with Crippen molar-refractivity contribution in [2.45, 2.75) is 57.5 Å². The van der Waals surface area contributed by atoms with Crippen LogP contribution in [0.15, 0.2) is 65.8 Å². The number of nitrogens with two attached hydrogens (primary N) is 1. The van der Waals surface area contributed by atoms with Gasteiger partial charge in [-0.25, -0.2) is 5.01 Å². The predicted octanol–water partition coefficient (Wildman–Crippen LogP) is 2.52. The molecule has 4 rings (SSSR count). The molecule has 1 saturated heterocycles. The molecule has 196 valence electrons. The fraction of sp³-hybridized carbons (Fsp3) is 0.448. The van der Waals surface area contributed by atoms with E-state index in [9.17, 15) is 14.4 Å². The highest BCUT2D eigenvalue weighted by molar-refractivity contribution is 6.13. The molecule has 0 spiro atoms. The number of hydrogen-bond acceptors (Lipinski definition) is 5. The quantitative estimate of drug-likeness (QED) is 0.548. The van der Waals surface area contributed by atoms with Crippen LogP contribution in [0.1, 0.15) is 44.2 Å². The molecule has 0 radical (unpaired) electrons. The summed E-state index contributed by atoms with van der Waals surface area (Å²) >= 11 is 0. The molecule has 0 saturated carbocycles. The van der Waals surface area contributed by atoms with Crippen molar-refractivity contribution in [3.05, 3.63) is 71.8 Å². The SMILES string of the molecule is CN1N=C2CCN(C(=O)[C@H](CCCc3ccccc3)NC(=O)C(C)(C)N)C[C@@]2(Cc2ccccc2)C1=O. The third kappa shape index (κ3) is 5.91. The number of rotatable bonds is 9. The number of benzene rings is 2. The molecule has 2 aromatic carbocycles. The van der Waals surface area contributed by atoms with Crippen molar-refractivity contribution in [1.82, 2.24) is 15.2 Å². The third-order valence-electron chi connectivity index (χ3n) is 7.26. The molecular weight excluding hydrogens is 466 g/mol. The van der Waals surface area contributed by atoms with Crippen molar-refractivity contribution in [3.63, 3.8) is 0 Å². The zero-order valence-corrected chi connectivity index (χ0v) is 21.9. The highest BCUT2D eigenvalue weighted by Gasteiger charge is 2.53. The standard InChI is InChI=1S/C29H37N5O3/c1-28(2,30)26(36)31-23(16-10-15-21-11-6-4-7-12-21)25(35)34-18-17-24-29(20-34,27(37)33(3)32-24)19-22-13-8-5-9-14-22/h4-9,11-14,23H,10,15-20,30H2,1-3H3,(H,31,36)/t23-,29+/m0/s1. The molecule has 0 bridgehead atoms. The van der Waals surface area contributed by atoms with Gasteiger partial charge in [0.25, 0.3) is 5.91 Å². The van der Waals surface area contributed by atoms with Crippen LogP contribution in [-0.2, 0) is 27.2 Å². The molecular formula is C29H37N5O3. The van der Waals surface area contributed by atoms with E-state index in [0.717, 1.165) is 24.1 Å². The first kappa shape index (κ1) is 26.5. The minimum absolute atomic E-state index is 0.100. The van der Waals surface area contributed by atoms with E-state index in [1.807, 2.05) is 48.5 Å². The van der Waals surface area contributed by atoms with Gasteiger partial charge >= 0.3 is 0 Å². The smallest absolute Gasteiger partial charge is 0.256 e. The first-order valence-electron chi connectivity index (χ1n) is 12.9. The molecule has 1 fully saturated rings. The maximum atomic E-state index is 13.9. The predicted molar refractivity (Wildman–Crippen MR) is 144 cm³/mol. The van der Waals surface area contributed by atoms with Gasteiger partial charge in [0.15, 0.2) is 0 Å². The average Bonchev–Trinajstić information content (AvgIpc) is 3.12. The monoisotopic (exact) mass is 503 g/mol. The summed E-state index contributed by atoms with van der Waals surface area (Å²) in [6.45, 7) is 3.94. The van der Waals surface area contributed by atoms with Gasteiger partial charge < -0.3 is 16.0 Å². The van der Waals surface area contributed by atoms with Crippen molar-refractivity contribution in [3.8, 4) is 0 Å². The molecule has 3 N–H and O–H groups in total. The molecule has 2 aromatic rings. The minimum atomic E-state index is -1.11. The number of carbonyl (C=O) groups excluding carboxylic acids is 3. The van der Waals surface area contributed by atoms with E-state index in [1.165, 1.54) is 10.6 Å². The van der Waals surface area contributed by atoms with Crippen molar-refractivity contribution >= 4 is 23.4 Å². The van der Waals surface area contributed by atoms with Crippen LogP contribution in [0.3, 0.4) is 0 Å². The van der Waals surface area contributed by atoms with Gasteiger partial charge in [0.2, 0.25) is 11.8 Å². The molecule has 8 heteroatoms. The molecule has 2 aliphatic rings. The van der Waals surface area contributed by atoms with Crippen molar-refractivity contribution < 1.29 is 14.4 Å². The Morgan fingerprint density at radius 2 is 1.70 bits per heavy atom. The minimum Gasteiger partial charge on any atom is -0.343 e. The van der Waals surface area contributed by atoms with Crippen molar-refractivity contribution in [2.75, 3.05) is 20.1 Å². The first-order valence-corrected chi connectivity index (χ1v) is 12.9. The number of hydrogen-bond donors (Lipinski definition) is 2. The second kappa shape index (κ2) is 10.8. The van der Waals surface area contributed by atoms with Crippen LogP contribution >= 0.6 is 0 Å². The Morgan fingerprint density at radius 3 is 2.32 bits per heavy atom. The highest BCUT2D eigenvalue weighted by atomic mass is 16.2. The van der Waals surface area contributed by atoms with E-state index >= 15 is 0 Å². The fourth-order valence-corrected chi connectivity index (χ4v) is 5.19. The summed E-state index contributed by atoms with van der Waals surface area (Å²) in [5, 5.41) is 8.85. The van der Waals surface area contributed by atoms with E-state index < -0.39 is 17.0 Å². The normalized spacial score (nSPS) is 20.3. The zero-order chi connectivity index (χ0) is 26.6. The number of aryl methyl sites for hydroxylation is 1. The number of amides is 3. The Balaban J connectivity index is 1.54. The number of piperidine rings is 1. The second-order valence-electron chi connectivity index (χ2n) is 10.8. The third-order valence-corrected chi connectivity index (χ3v) is 7.26. The van der Waals surface area contributed by atoms with Crippen LogP contribution < -0.4 is 11.1 Å². The molecule has 0 aliphatic carbocycles. The van der Waals surface area contributed by atoms with E-state index in [2.05, 4.69) is 22.6 Å². The number of carbonyl (C=O) groups is 3. The van der Waals surface area contributed by atoms with Gasteiger partial charge in [0.1, 0.15) is 11.5 Å². The van der Waals surface area contributed by atoms with Crippen molar-refractivity contribution in [1.29, 1.82) is 0 Å². The van der Waals surface area contributed by atoms with Gasteiger partial charge in [0, 0.05) is 26.6 Å². The van der Waals surface area contributed by atoms with Crippen LogP contribution in [0.25, 0.3) is 0 Å². The Morgan fingerprint density at radius 1 is 1.08 bits per heavy atom. The molecule has 3 amide bonds. The Hall–Kier alpha value is -3.52. The average molecular weight is 504 g/mol. The molecule has 8 nitrogen and oxygen atoms in total. The lowest BCUT2D eigenvalue weighted by Gasteiger charge is -2.41. The number of hydrazone groups is 1. The zero-order valence-electron chi connectivity index (χ0n) is 21.9. The maximum absolute atomic E-state index is 13.9. The van der Waals surface area contributed by atoms with E-state index in [-0.39, 0.29) is 24.3 Å². The van der Waals surface area contributed by atoms with E-state index in [4.69, 9.17) is 5.73 Å². The van der Waals surface area contributed by atoms with Crippen LogP contribution in [0, 0.1) is 5.41 Å². The van der Waals surface area contributed by atoms with Gasteiger partial charge in [-0.05, 0) is 50.7 Å². The molecule has 37 heavy (non-hydrogen) atoms. The molecule has 2 aliphatic heterocycles. The number of nitrogens with zero attached hydrogens (tertiary/aromatic N) is 3. The lowest BCUT2D eigenvalue weighted by atomic mass is 9.73. The van der Waals surface area contributed by atoms with Crippen LogP contribution in [-0.4, -0.2) is 65.1 Å². The number of nitrogens with one attached hydrogen (secondary N) is 1. The van der Waals surface area contributed by atoms with Crippen LogP contribution in [0.2, 0.25) is 0 Å². The summed E-state index contributed by atoms with van der Waals surface area (Å²) in [6, 6.07) is 19.2. The van der Waals surface area contributed by atoms with Crippen molar-refractivity contribution in [2.24, 2.45) is 16.3 Å². The lowest BCUT2D eigenvalue weighted by molar-refractivity contribution is -0.142. The largest absolute Gasteiger partial charge is 0.343 e. The van der Waals surface area contributed by atoms with E-state index in [0.29, 0.717) is 25.8 Å². The van der Waals surface area contributed by atoms with Crippen LogP contribution in [0.4, 0.5) is 0 Å². The summed E-state index contributed by atoms with van der Waals surface area (Å²) < 4.78 is 0. The first-order chi connectivity index (χ1) is 17.6. The molecule has 0 aromatic heterocycles. The molecule has 2 heterocycles. The fourth-order valence-electron chi connectivity index (χ4n) is 5.19. The van der Waals surface area contributed by atoms with Gasteiger partial charge in [-0.3, -0.25) is 14.4 Å². The summed E-state index contributed by atoms with van der Waals surface area (Å²) in [5.74, 6) is -0.656. The number of likely N-dealkylation sites (tertiary alicyclic amines) is 1.